The molecule has 0 N–H and O–H groups in total. The Bertz CT molecular complexity index is 465. The summed E-state index contributed by atoms with van der Waals surface area (Å²) in [4.78, 5) is 12.0. The molecule has 0 amide bonds. The summed E-state index contributed by atoms with van der Waals surface area (Å²) < 4.78 is 16.6. The van der Waals surface area contributed by atoms with Gasteiger partial charge in [0, 0.05) is 0 Å². The lowest BCUT2D eigenvalue weighted by atomic mass is 9.85. The first-order valence-corrected chi connectivity index (χ1v) is 11.3. The smallest absolute Gasteiger partial charge is 0.309 e. The molecule has 2 aliphatic heterocycles. The van der Waals surface area contributed by atoms with E-state index in [1.165, 1.54) is 64.2 Å². The number of hydrogen-bond donors (Lipinski definition) is 0. The lowest BCUT2D eigenvalue weighted by Gasteiger charge is -2.18. The summed E-state index contributed by atoms with van der Waals surface area (Å²) in [5, 5.41) is 0. The molecule has 148 valence electrons. The number of unbranched alkanes of at least 4 members (excludes halogenated alkanes) is 6. The van der Waals surface area contributed by atoms with Crippen molar-refractivity contribution >= 4 is 5.97 Å². The monoisotopic (exact) mass is 364 g/mol. The maximum absolute atomic E-state index is 12.0. The molecule has 0 aromatic carbocycles. The number of hydrogen-bond acceptors (Lipinski definition) is 4. The predicted octanol–water partition coefficient (Wildman–Crippen LogP) is 4.79. The van der Waals surface area contributed by atoms with Gasteiger partial charge in [-0.2, -0.15) is 0 Å². The van der Waals surface area contributed by atoms with Crippen molar-refractivity contribution in [3.8, 4) is 0 Å². The van der Waals surface area contributed by atoms with Crippen LogP contribution in [0, 0.1) is 11.8 Å². The third kappa shape index (κ3) is 5.45. The van der Waals surface area contributed by atoms with E-state index in [0.29, 0.717) is 31.0 Å². The van der Waals surface area contributed by atoms with Crippen molar-refractivity contribution in [1.82, 2.24) is 0 Å². The van der Waals surface area contributed by atoms with Gasteiger partial charge >= 0.3 is 5.97 Å². The maximum atomic E-state index is 12.0. The van der Waals surface area contributed by atoms with Crippen LogP contribution in [0.3, 0.4) is 0 Å². The zero-order chi connectivity index (χ0) is 17.8. The normalized spacial score (nSPS) is 37.5. The van der Waals surface area contributed by atoms with Crippen molar-refractivity contribution in [2.75, 3.05) is 6.61 Å². The molecule has 0 aromatic heterocycles. The summed E-state index contributed by atoms with van der Waals surface area (Å²) in [5.41, 5.74) is 0. The number of epoxide rings is 2. The van der Waals surface area contributed by atoms with Crippen LogP contribution >= 0.6 is 0 Å². The van der Waals surface area contributed by atoms with Gasteiger partial charge in [-0.3, -0.25) is 4.79 Å². The predicted molar refractivity (Wildman–Crippen MR) is 99.9 cm³/mol. The molecule has 2 heterocycles. The van der Waals surface area contributed by atoms with Crippen LogP contribution in [0.15, 0.2) is 0 Å². The third-order valence-corrected chi connectivity index (χ3v) is 6.95. The van der Waals surface area contributed by atoms with Crippen LogP contribution in [0.1, 0.15) is 89.9 Å². The molecule has 4 rings (SSSR count). The fourth-order valence-corrected chi connectivity index (χ4v) is 5.08. The van der Waals surface area contributed by atoms with E-state index in [2.05, 4.69) is 0 Å². The number of esters is 1. The number of carbonyl (C=O) groups excluding carboxylic acids is 1. The summed E-state index contributed by atoms with van der Waals surface area (Å²) in [6, 6.07) is 0. The standard InChI is InChI=1S/C22H36O4/c23-22(17-10-12-19-21(15-17)26-19)24-13-7-5-3-1-2-4-6-8-16-9-11-18-20(14-16)25-18/h16-21H,1-15H2. The lowest BCUT2D eigenvalue weighted by molar-refractivity contribution is -0.149. The Morgan fingerprint density at radius 2 is 1.38 bits per heavy atom. The highest BCUT2D eigenvalue weighted by Gasteiger charge is 2.46. The van der Waals surface area contributed by atoms with E-state index >= 15 is 0 Å². The van der Waals surface area contributed by atoms with Crippen molar-refractivity contribution in [3.63, 3.8) is 0 Å². The zero-order valence-electron chi connectivity index (χ0n) is 16.2. The van der Waals surface area contributed by atoms with Crippen molar-refractivity contribution in [1.29, 1.82) is 0 Å². The molecule has 4 heteroatoms. The van der Waals surface area contributed by atoms with E-state index in [0.717, 1.165) is 31.6 Å². The first kappa shape index (κ1) is 18.7. The van der Waals surface area contributed by atoms with E-state index in [9.17, 15) is 4.79 Å². The van der Waals surface area contributed by atoms with Gasteiger partial charge in [-0.25, -0.2) is 0 Å². The van der Waals surface area contributed by atoms with Crippen LogP contribution in [0.25, 0.3) is 0 Å². The topological polar surface area (TPSA) is 51.4 Å². The van der Waals surface area contributed by atoms with Gasteiger partial charge in [-0.1, -0.05) is 44.9 Å². The molecule has 26 heavy (non-hydrogen) atoms. The van der Waals surface area contributed by atoms with Crippen molar-refractivity contribution < 1.29 is 19.0 Å². The van der Waals surface area contributed by atoms with E-state index in [1.807, 2.05) is 0 Å². The average Bonchev–Trinajstić information content (AvgIpc) is 3.56. The minimum Gasteiger partial charge on any atom is -0.465 e. The zero-order valence-corrected chi connectivity index (χ0v) is 16.2. The molecular formula is C22H36O4. The first-order valence-electron chi connectivity index (χ1n) is 11.3. The molecule has 2 saturated carbocycles. The molecule has 4 nitrogen and oxygen atoms in total. The van der Waals surface area contributed by atoms with Crippen molar-refractivity contribution in [3.05, 3.63) is 0 Å². The Kier molecular flexibility index (Phi) is 6.53. The van der Waals surface area contributed by atoms with Gasteiger partial charge < -0.3 is 14.2 Å². The highest BCUT2D eigenvalue weighted by molar-refractivity contribution is 5.72. The second-order valence-corrected chi connectivity index (χ2v) is 9.05. The molecule has 2 aliphatic carbocycles. The molecule has 0 bridgehead atoms. The number of carbonyl (C=O) groups is 1. The van der Waals surface area contributed by atoms with Crippen LogP contribution in [0.5, 0.6) is 0 Å². The maximum Gasteiger partial charge on any atom is 0.309 e. The van der Waals surface area contributed by atoms with E-state index in [1.54, 1.807) is 0 Å². The average molecular weight is 365 g/mol. The molecule has 0 aromatic rings. The number of fused-ring (bicyclic) bond motifs is 2. The third-order valence-electron chi connectivity index (χ3n) is 6.95. The Hall–Kier alpha value is -0.610. The number of ether oxygens (including phenoxy) is 3. The van der Waals surface area contributed by atoms with Gasteiger partial charge in [0.15, 0.2) is 0 Å². The SMILES string of the molecule is O=C(OCCCCCCCCCC1CCC2OC2C1)C1CCC2OC2C1. The van der Waals surface area contributed by atoms with Crippen LogP contribution < -0.4 is 0 Å². The van der Waals surface area contributed by atoms with Crippen molar-refractivity contribution in [2.45, 2.75) is 114 Å². The highest BCUT2D eigenvalue weighted by atomic mass is 16.6. The summed E-state index contributed by atoms with van der Waals surface area (Å²) in [6.45, 7) is 0.607. The van der Waals surface area contributed by atoms with Crippen LogP contribution in [-0.2, 0) is 19.0 Å². The van der Waals surface area contributed by atoms with E-state index in [4.69, 9.17) is 14.2 Å². The van der Waals surface area contributed by atoms with Gasteiger partial charge in [0.1, 0.15) is 0 Å². The van der Waals surface area contributed by atoms with Crippen LogP contribution in [0.2, 0.25) is 0 Å². The van der Waals surface area contributed by atoms with Gasteiger partial charge in [-0.15, -0.1) is 0 Å². The Morgan fingerprint density at radius 3 is 2.12 bits per heavy atom. The molecule has 6 unspecified atom stereocenters. The molecule has 6 atom stereocenters. The fraction of sp³-hybridized carbons (Fsp3) is 0.955. The molecular weight excluding hydrogens is 328 g/mol. The van der Waals surface area contributed by atoms with Gasteiger partial charge in [0.05, 0.1) is 36.9 Å². The van der Waals surface area contributed by atoms with Gasteiger partial charge in [0.25, 0.3) is 0 Å². The van der Waals surface area contributed by atoms with E-state index in [-0.39, 0.29) is 11.9 Å². The summed E-state index contributed by atoms with van der Waals surface area (Å²) in [5.74, 6) is 1.06. The summed E-state index contributed by atoms with van der Waals surface area (Å²) in [6.07, 6.45) is 19.4. The molecule has 4 aliphatic rings. The Labute approximate surface area is 158 Å². The fourth-order valence-electron chi connectivity index (χ4n) is 5.08. The highest BCUT2D eigenvalue weighted by Crippen LogP contribution is 2.41. The molecule has 0 spiro atoms. The molecule has 2 saturated heterocycles. The minimum absolute atomic E-state index is 0.0181. The quantitative estimate of drug-likeness (QED) is 0.301. The number of rotatable bonds is 11. The van der Waals surface area contributed by atoms with Crippen LogP contribution in [0.4, 0.5) is 0 Å². The largest absolute Gasteiger partial charge is 0.465 e. The van der Waals surface area contributed by atoms with Gasteiger partial charge in [0.2, 0.25) is 0 Å². The Balaban J connectivity index is 0.921. The summed E-state index contributed by atoms with van der Waals surface area (Å²) in [7, 11) is 0. The second kappa shape index (κ2) is 9.05. The van der Waals surface area contributed by atoms with E-state index < -0.39 is 0 Å². The first-order chi connectivity index (χ1) is 12.8. The lowest BCUT2D eigenvalue weighted by Crippen LogP contribution is -2.24. The van der Waals surface area contributed by atoms with Gasteiger partial charge in [-0.05, 0) is 50.9 Å². The second-order valence-electron chi connectivity index (χ2n) is 9.05. The Morgan fingerprint density at radius 1 is 0.731 bits per heavy atom. The molecule has 0 radical (unpaired) electrons. The van der Waals surface area contributed by atoms with Crippen molar-refractivity contribution in [2.24, 2.45) is 11.8 Å². The minimum atomic E-state index is 0.0181. The van der Waals surface area contributed by atoms with Crippen LogP contribution in [-0.4, -0.2) is 37.0 Å². The summed E-state index contributed by atoms with van der Waals surface area (Å²) >= 11 is 0. The molecule has 4 fully saturated rings.